The Morgan fingerprint density at radius 2 is 2.00 bits per heavy atom. The number of aromatic amines is 1. The number of nitrogens with zero attached hydrogens (tertiary/aromatic N) is 1. The maximum Gasteiger partial charge on any atom is 0.353 e. The topological polar surface area (TPSA) is 112 Å². The van der Waals surface area contributed by atoms with Gasteiger partial charge in [-0.05, 0) is 24.1 Å². The molecule has 112 valence electrons. The number of hydrogen-bond acceptors (Lipinski definition) is 4. The van der Waals surface area contributed by atoms with Crippen molar-refractivity contribution in [2.75, 3.05) is 4.72 Å². The Morgan fingerprint density at radius 3 is 2.52 bits per heavy atom. The molecule has 0 fully saturated rings. The van der Waals surface area contributed by atoms with Crippen molar-refractivity contribution in [1.82, 2.24) is 10.2 Å². The molecular weight excluding hydrogens is 294 g/mol. The molecule has 0 radical (unpaired) electrons. The van der Waals surface area contributed by atoms with E-state index in [1.165, 1.54) is 12.1 Å². The van der Waals surface area contributed by atoms with Gasteiger partial charge in [0.15, 0.2) is 5.82 Å². The minimum atomic E-state index is -3.78. The summed E-state index contributed by atoms with van der Waals surface area (Å²) in [6.45, 7) is 2.05. The van der Waals surface area contributed by atoms with Crippen molar-refractivity contribution in [3.63, 3.8) is 0 Å². The summed E-state index contributed by atoms with van der Waals surface area (Å²) >= 11 is 0. The van der Waals surface area contributed by atoms with Crippen molar-refractivity contribution < 1.29 is 18.3 Å². The van der Waals surface area contributed by atoms with E-state index in [2.05, 4.69) is 14.9 Å². The maximum atomic E-state index is 12.1. The zero-order chi connectivity index (χ0) is 15.5. The third-order valence-corrected chi connectivity index (χ3v) is 4.19. The van der Waals surface area contributed by atoms with Crippen LogP contribution in [-0.4, -0.2) is 29.7 Å². The molecule has 0 atom stereocenters. The predicted octanol–water partition coefficient (Wildman–Crippen LogP) is 1.86. The molecule has 1 heterocycles. The number of sulfonamides is 1. The Morgan fingerprint density at radius 1 is 1.33 bits per heavy atom. The molecule has 0 aliphatic carbocycles. The summed E-state index contributed by atoms with van der Waals surface area (Å²) in [7, 11) is -3.78. The molecule has 0 aliphatic heterocycles. The number of aryl methyl sites for hydroxylation is 1. The SMILES string of the molecule is CCCc1ccc(S(=O)(=O)Nc2cc(C(=O)O)[nH]n2)cc1. The minimum Gasteiger partial charge on any atom is -0.477 e. The Balaban J connectivity index is 2.18. The number of hydrogen-bond donors (Lipinski definition) is 3. The molecule has 2 aromatic rings. The highest BCUT2D eigenvalue weighted by molar-refractivity contribution is 7.92. The fourth-order valence-electron chi connectivity index (χ4n) is 1.80. The van der Waals surface area contributed by atoms with E-state index in [1.807, 2.05) is 6.92 Å². The van der Waals surface area contributed by atoms with Gasteiger partial charge < -0.3 is 5.11 Å². The van der Waals surface area contributed by atoms with Crippen LogP contribution in [0, 0.1) is 0 Å². The maximum absolute atomic E-state index is 12.1. The molecule has 0 saturated carbocycles. The van der Waals surface area contributed by atoms with Gasteiger partial charge in [0.1, 0.15) is 5.69 Å². The van der Waals surface area contributed by atoms with Gasteiger partial charge in [0, 0.05) is 6.07 Å². The van der Waals surface area contributed by atoms with E-state index in [1.54, 1.807) is 12.1 Å². The van der Waals surface area contributed by atoms with Crippen LogP contribution in [0.15, 0.2) is 35.2 Å². The standard InChI is InChI=1S/C13H15N3O4S/c1-2-3-9-4-6-10(7-5-9)21(19,20)16-12-8-11(13(17)18)14-15-12/h4-8H,2-3H2,1H3,(H,17,18)(H2,14,15,16). The molecule has 1 aromatic heterocycles. The molecule has 7 nitrogen and oxygen atoms in total. The molecule has 21 heavy (non-hydrogen) atoms. The van der Waals surface area contributed by atoms with Gasteiger partial charge in [-0.1, -0.05) is 25.5 Å². The number of carboxylic acid groups (broad SMARTS) is 1. The Kier molecular flexibility index (Phi) is 4.27. The zero-order valence-corrected chi connectivity index (χ0v) is 12.1. The monoisotopic (exact) mass is 309 g/mol. The molecule has 0 unspecified atom stereocenters. The molecule has 0 saturated heterocycles. The highest BCUT2D eigenvalue weighted by Crippen LogP contribution is 2.16. The lowest BCUT2D eigenvalue weighted by Gasteiger charge is -2.06. The summed E-state index contributed by atoms with van der Waals surface area (Å²) in [4.78, 5) is 10.8. The fourth-order valence-corrected chi connectivity index (χ4v) is 2.80. The molecular formula is C13H15N3O4S. The molecule has 0 bridgehead atoms. The molecule has 0 aliphatic rings. The van der Waals surface area contributed by atoms with Crippen molar-refractivity contribution >= 4 is 21.8 Å². The predicted molar refractivity (Wildman–Crippen MR) is 76.8 cm³/mol. The Hall–Kier alpha value is -2.35. The summed E-state index contributed by atoms with van der Waals surface area (Å²) in [6, 6.07) is 7.65. The van der Waals surface area contributed by atoms with Crippen LogP contribution >= 0.6 is 0 Å². The minimum absolute atomic E-state index is 0.0648. The van der Waals surface area contributed by atoms with Crippen molar-refractivity contribution in [2.24, 2.45) is 0 Å². The smallest absolute Gasteiger partial charge is 0.353 e. The van der Waals surface area contributed by atoms with Gasteiger partial charge in [-0.25, -0.2) is 13.2 Å². The molecule has 0 amide bonds. The summed E-state index contributed by atoms with van der Waals surface area (Å²) < 4.78 is 26.5. The van der Waals surface area contributed by atoms with Crippen LogP contribution < -0.4 is 4.72 Å². The number of aromatic nitrogens is 2. The highest BCUT2D eigenvalue weighted by atomic mass is 32.2. The normalized spacial score (nSPS) is 11.3. The van der Waals surface area contributed by atoms with E-state index in [0.29, 0.717) is 0 Å². The van der Waals surface area contributed by atoms with Crippen LogP contribution in [0.2, 0.25) is 0 Å². The number of aromatic carboxylic acids is 1. The fraction of sp³-hybridized carbons (Fsp3) is 0.231. The molecule has 0 spiro atoms. The highest BCUT2D eigenvalue weighted by Gasteiger charge is 2.17. The first-order chi connectivity index (χ1) is 9.92. The van der Waals surface area contributed by atoms with Gasteiger partial charge in [0.05, 0.1) is 4.90 Å². The van der Waals surface area contributed by atoms with Crippen molar-refractivity contribution in [3.8, 4) is 0 Å². The first kappa shape index (κ1) is 15.0. The second kappa shape index (κ2) is 5.96. The lowest BCUT2D eigenvalue weighted by atomic mass is 10.1. The van der Waals surface area contributed by atoms with Crippen molar-refractivity contribution in [2.45, 2.75) is 24.7 Å². The number of nitrogens with one attached hydrogen (secondary N) is 2. The van der Waals surface area contributed by atoms with Crippen molar-refractivity contribution in [1.29, 1.82) is 0 Å². The molecule has 3 N–H and O–H groups in total. The molecule has 8 heteroatoms. The average molecular weight is 309 g/mol. The van der Waals surface area contributed by atoms with E-state index in [0.717, 1.165) is 24.5 Å². The van der Waals surface area contributed by atoms with Crippen LogP contribution in [0.25, 0.3) is 0 Å². The first-order valence-electron chi connectivity index (χ1n) is 6.33. The number of rotatable bonds is 6. The quantitative estimate of drug-likeness (QED) is 0.754. The van der Waals surface area contributed by atoms with E-state index >= 15 is 0 Å². The Bertz CT molecular complexity index is 735. The van der Waals surface area contributed by atoms with E-state index < -0.39 is 16.0 Å². The van der Waals surface area contributed by atoms with Crippen LogP contribution in [0.4, 0.5) is 5.82 Å². The number of anilines is 1. The van der Waals surface area contributed by atoms with Crippen LogP contribution in [0.1, 0.15) is 29.4 Å². The van der Waals surface area contributed by atoms with Gasteiger partial charge in [-0.2, -0.15) is 5.10 Å². The molecule has 1 aromatic carbocycles. The van der Waals surface area contributed by atoms with E-state index in [-0.39, 0.29) is 16.4 Å². The van der Waals surface area contributed by atoms with Crippen LogP contribution in [-0.2, 0) is 16.4 Å². The largest absolute Gasteiger partial charge is 0.477 e. The average Bonchev–Trinajstić information content (AvgIpc) is 2.88. The zero-order valence-electron chi connectivity index (χ0n) is 11.3. The summed E-state index contributed by atoms with van der Waals surface area (Å²) in [5.41, 5.74) is 0.871. The number of benzene rings is 1. The number of H-pyrrole nitrogens is 1. The van der Waals surface area contributed by atoms with Gasteiger partial charge in [-0.15, -0.1) is 0 Å². The van der Waals surface area contributed by atoms with Gasteiger partial charge in [0.25, 0.3) is 10.0 Å². The first-order valence-corrected chi connectivity index (χ1v) is 7.81. The molecule has 2 rings (SSSR count). The summed E-state index contributed by atoms with van der Waals surface area (Å²) in [5, 5.41) is 14.6. The summed E-state index contributed by atoms with van der Waals surface area (Å²) in [5.74, 6) is -1.28. The second-order valence-electron chi connectivity index (χ2n) is 4.47. The van der Waals surface area contributed by atoms with E-state index in [4.69, 9.17) is 5.11 Å². The lowest BCUT2D eigenvalue weighted by molar-refractivity contribution is 0.0690. The van der Waals surface area contributed by atoms with E-state index in [9.17, 15) is 13.2 Å². The summed E-state index contributed by atoms with van der Waals surface area (Å²) in [6.07, 6.45) is 1.87. The van der Waals surface area contributed by atoms with Gasteiger partial charge in [-0.3, -0.25) is 9.82 Å². The van der Waals surface area contributed by atoms with Crippen LogP contribution in [0.5, 0.6) is 0 Å². The Labute approximate surface area is 122 Å². The third kappa shape index (κ3) is 3.60. The lowest BCUT2D eigenvalue weighted by Crippen LogP contribution is -2.13. The third-order valence-electron chi connectivity index (χ3n) is 2.82. The number of carboxylic acids is 1. The van der Waals surface area contributed by atoms with Crippen molar-refractivity contribution in [3.05, 3.63) is 41.6 Å². The number of carbonyl (C=O) groups is 1. The van der Waals surface area contributed by atoms with Gasteiger partial charge >= 0.3 is 5.97 Å². The van der Waals surface area contributed by atoms with Gasteiger partial charge in [0.2, 0.25) is 0 Å². The second-order valence-corrected chi connectivity index (χ2v) is 6.15. The van der Waals surface area contributed by atoms with Crippen LogP contribution in [0.3, 0.4) is 0 Å².